The number of anilines is 1. The summed E-state index contributed by atoms with van der Waals surface area (Å²) >= 11 is 12.2. The highest BCUT2D eigenvalue weighted by Gasteiger charge is 2.10. The van der Waals surface area contributed by atoms with Crippen molar-refractivity contribution in [2.24, 2.45) is 0 Å². The van der Waals surface area contributed by atoms with E-state index in [1.807, 2.05) is 24.3 Å². The lowest BCUT2D eigenvalue weighted by atomic mass is 10.2. The van der Waals surface area contributed by atoms with Crippen LogP contribution in [0.5, 0.6) is 0 Å². The highest BCUT2D eigenvalue weighted by molar-refractivity contribution is 6.35. The number of nitrogens with one attached hydrogen (secondary N) is 1. The molecule has 0 saturated carbocycles. The molecule has 1 N–H and O–H groups in total. The van der Waals surface area contributed by atoms with Crippen LogP contribution in [0.4, 0.5) is 5.69 Å². The minimum Gasteiger partial charge on any atom is -0.462 e. The first-order chi connectivity index (χ1) is 12.6. The van der Waals surface area contributed by atoms with Crippen molar-refractivity contribution in [1.29, 1.82) is 0 Å². The Morgan fingerprint density at radius 3 is 2.58 bits per heavy atom. The number of benzene rings is 2. The summed E-state index contributed by atoms with van der Waals surface area (Å²) in [7, 11) is 0. The molecule has 3 rings (SSSR count). The molecule has 2 aromatic carbocycles. The number of carbonyl (C=O) groups excluding carboxylic acids is 1. The van der Waals surface area contributed by atoms with Crippen molar-refractivity contribution in [2.75, 3.05) is 11.9 Å². The van der Waals surface area contributed by atoms with Crippen LogP contribution in [0.15, 0.2) is 59.0 Å². The van der Waals surface area contributed by atoms with Crippen LogP contribution in [-0.4, -0.2) is 12.6 Å². The van der Waals surface area contributed by atoms with Gasteiger partial charge >= 0.3 is 5.97 Å². The Morgan fingerprint density at radius 2 is 1.85 bits per heavy atom. The second-order valence-electron chi connectivity index (χ2n) is 5.54. The molecule has 1 aromatic heterocycles. The van der Waals surface area contributed by atoms with Gasteiger partial charge in [0.2, 0.25) is 0 Å². The van der Waals surface area contributed by atoms with E-state index in [4.69, 9.17) is 32.4 Å². The fraction of sp³-hybridized carbons (Fsp3) is 0.150. The number of esters is 1. The van der Waals surface area contributed by atoms with Gasteiger partial charge in [-0.25, -0.2) is 4.79 Å². The van der Waals surface area contributed by atoms with Gasteiger partial charge in [-0.05, 0) is 61.5 Å². The van der Waals surface area contributed by atoms with Crippen LogP contribution >= 0.6 is 23.2 Å². The van der Waals surface area contributed by atoms with Gasteiger partial charge in [0.1, 0.15) is 11.5 Å². The second kappa shape index (κ2) is 8.30. The molecule has 0 bridgehead atoms. The molecule has 0 radical (unpaired) electrons. The van der Waals surface area contributed by atoms with Crippen LogP contribution in [-0.2, 0) is 11.3 Å². The van der Waals surface area contributed by atoms with Crippen molar-refractivity contribution in [3.05, 3.63) is 76.0 Å². The summed E-state index contributed by atoms with van der Waals surface area (Å²) in [6.45, 7) is 2.63. The minimum absolute atomic E-state index is 0.326. The number of hydrogen-bond donors (Lipinski definition) is 1. The first-order valence-corrected chi connectivity index (χ1v) is 8.87. The summed E-state index contributed by atoms with van der Waals surface area (Å²) in [4.78, 5) is 11.6. The van der Waals surface area contributed by atoms with Gasteiger partial charge < -0.3 is 14.5 Å². The molecular formula is C20H17Cl2NO3. The van der Waals surface area contributed by atoms with E-state index in [-0.39, 0.29) is 5.97 Å². The molecule has 1 heterocycles. The van der Waals surface area contributed by atoms with Gasteiger partial charge in [-0.1, -0.05) is 23.2 Å². The zero-order valence-corrected chi connectivity index (χ0v) is 15.6. The maximum Gasteiger partial charge on any atom is 0.338 e. The van der Waals surface area contributed by atoms with Gasteiger partial charge in [-0.2, -0.15) is 0 Å². The monoisotopic (exact) mass is 389 g/mol. The lowest BCUT2D eigenvalue weighted by Gasteiger charge is -2.06. The van der Waals surface area contributed by atoms with Gasteiger partial charge in [-0.15, -0.1) is 0 Å². The third-order valence-corrected chi connectivity index (χ3v) is 4.28. The van der Waals surface area contributed by atoms with Crippen LogP contribution in [0.1, 0.15) is 23.0 Å². The standard InChI is InChI=1S/C20H17Cl2NO3/c1-2-25-20(24)13-3-6-15(7-4-13)23-12-16-8-10-19(26-16)17-11-14(21)5-9-18(17)22/h3-11,23H,2,12H2,1H3. The Kier molecular flexibility index (Phi) is 5.86. The molecule has 4 nitrogen and oxygen atoms in total. The van der Waals surface area contributed by atoms with Gasteiger partial charge in [0.05, 0.1) is 23.7 Å². The Hall–Kier alpha value is -2.43. The summed E-state index contributed by atoms with van der Waals surface area (Å²) in [6.07, 6.45) is 0. The maximum absolute atomic E-state index is 11.6. The van der Waals surface area contributed by atoms with Crippen LogP contribution < -0.4 is 5.32 Å². The third kappa shape index (κ3) is 4.40. The average Bonchev–Trinajstić information content (AvgIpc) is 3.11. The molecule has 0 aliphatic carbocycles. The Labute approximate surface area is 161 Å². The number of rotatable bonds is 6. The first-order valence-electron chi connectivity index (χ1n) is 8.12. The molecule has 0 saturated heterocycles. The quantitative estimate of drug-likeness (QED) is 0.521. The normalized spacial score (nSPS) is 10.6. The van der Waals surface area contributed by atoms with Crippen LogP contribution in [0.2, 0.25) is 10.0 Å². The molecule has 0 unspecified atom stereocenters. The highest BCUT2D eigenvalue weighted by atomic mass is 35.5. The van der Waals surface area contributed by atoms with E-state index in [0.717, 1.165) is 17.0 Å². The van der Waals surface area contributed by atoms with Crippen molar-refractivity contribution in [2.45, 2.75) is 13.5 Å². The fourth-order valence-electron chi connectivity index (χ4n) is 2.43. The molecule has 6 heteroatoms. The number of ether oxygens (including phenoxy) is 1. The van der Waals surface area contributed by atoms with Crippen LogP contribution in [0.3, 0.4) is 0 Å². The molecular weight excluding hydrogens is 373 g/mol. The molecule has 0 amide bonds. The number of hydrogen-bond acceptors (Lipinski definition) is 4. The number of halogens is 2. The summed E-state index contributed by atoms with van der Waals surface area (Å²) in [5, 5.41) is 4.43. The zero-order valence-electron chi connectivity index (χ0n) is 14.1. The van der Waals surface area contributed by atoms with E-state index < -0.39 is 0 Å². The van der Waals surface area contributed by atoms with E-state index in [1.165, 1.54) is 0 Å². The second-order valence-corrected chi connectivity index (χ2v) is 6.39. The molecule has 0 fully saturated rings. The van der Waals surface area contributed by atoms with Crippen LogP contribution in [0.25, 0.3) is 11.3 Å². The Balaban J connectivity index is 1.65. The van der Waals surface area contributed by atoms with Crippen molar-refractivity contribution < 1.29 is 13.9 Å². The van der Waals surface area contributed by atoms with Crippen molar-refractivity contribution in [3.63, 3.8) is 0 Å². The SMILES string of the molecule is CCOC(=O)c1ccc(NCc2ccc(-c3cc(Cl)ccc3Cl)o2)cc1. The van der Waals surface area contributed by atoms with E-state index in [1.54, 1.807) is 37.3 Å². The Bertz CT molecular complexity index is 904. The largest absolute Gasteiger partial charge is 0.462 e. The summed E-state index contributed by atoms with van der Waals surface area (Å²) < 4.78 is 10.8. The van der Waals surface area contributed by atoms with E-state index in [9.17, 15) is 4.79 Å². The minimum atomic E-state index is -0.326. The van der Waals surface area contributed by atoms with E-state index >= 15 is 0 Å². The summed E-state index contributed by atoms with van der Waals surface area (Å²) in [5.41, 5.74) is 2.15. The lowest BCUT2D eigenvalue weighted by molar-refractivity contribution is 0.0526. The molecule has 26 heavy (non-hydrogen) atoms. The molecule has 0 aliphatic rings. The smallest absolute Gasteiger partial charge is 0.338 e. The Morgan fingerprint density at radius 1 is 1.08 bits per heavy atom. The van der Waals surface area contributed by atoms with E-state index in [2.05, 4.69) is 5.32 Å². The topological polar surface area (TPSA) is 51.5 Å². The maximum atomic E-state index is 11.6. The molecule has 3 aromatic rings. The zero-order chi connectivity index (χ0) is 18.5. The van der Waals surface area contributed by atoms with Crippen molar-refractivity contribution in [3.8, 4) is 11.3 Å². The molecule has 134 valence electrons. The van der Waals surface area contributed by atoms with Gasteiger partial charge in [-0.3, -0.25) is 0 Å². The molecule has 0 aliphatic heterocycles. The van der Waals surface area contributed by atoms with Gasteiger partial charge in [0.25, 0.3) is 0 Å². The lowest BCUT2D eigenvalue weighted by Crippen LogP contribution is -2.05. The first kappa shape index (κ1) is 18.4. The predicted octanol–water partition coefficient (Wildman–Crippen LogP) is 6.04. The average molecular weight is 390 g/mol. The fourth-order valence-corrected chi connectivity index (χ4v) is 2.81. The van der Waals surface area contributed by atoms with Crippen LogP contribution in [0, 0.1) is 0 Å². The number of furan rings is 1. The number of carbonyl (C=O) groups is 1. The van der Waals surface area contributed by atoms with E-state index in [0.29, 0.717) is 34.5 Å². The predicted molar refractivity (Wildman–Crippen MR) is 104 cm³/mol. The summed E-state index contributed by atoms with van der Waals surface area (Å²) in [6, 6.07) is 16.1. The van der Waals surface area contributed by atoms with Crippen molar-refractivity contribution >= 4 is 34.9 Å². The molecule has 0 spiro atoms. The van der Waals surface area contributed by atoms with Crippen molar-refractivity contribution in [1.82, 2.24) is 0 Å². The van der Waals surface area contributed by atoms with Gasteiger partial charge in [0.15, 0.2) is 0 Å². The summed E-state index contributed by atoms with van der Waals surface area (Å²) in [5.74, 6) is 1.09. The third-order valence-electron chi connectivity index (χ3n) is 3.72. The van der Waals surface area contributed by atoms with Gasteiger partial charge in [0, 0.05) is 16.3 Å². The molecule has 0 atom stereocenters. The highest BCUT2D eigenvalue weighted by Crippen LogP contribution is 2.32.